The van der Waals surface area contributed by atoms with Gasteiger partial charge in [0.1, 0.15) is 0 Å². The zero-order chi connectivity index (χ0) is 11.5. The SMILES string of the molecule is CC(C)NCc1cc(=O)[nH]c2ccccc12. The first-order chi connectivity index (χ1) is 7.66. The van der Waals surface area contributed by atoms with Gasteiger partial charge in [-0.25, -0.2) is 0 Å². The highest BCUT2D eigenvalue weighted by Crippen LogP contribution is 2.14. The van der Waals surface area contributed by atoms with Crippen molar-refractivity contribution in [3.8, 4) is 0 Å². The van der Waals surface area contributed by atoms with Crippen molar-refractivity contribution in [2.45, 2.75) is 26.4 Å². The molecule has 0 radical (unpaired) electrons. The van der Waals surface area contributed by atoms with E-state index in [0.29, 0.717) is 6.04 Å². The highest BCUT2D eigenvalue weighted by molar-refractivity contribution is 5.81. The molecule has 0 unspecified atom stereocenters. The summed E-state index contributed by atoms with van der Waals surface area (Å²) in [7, 11) is 0. The van der Waals surface area contributed by atoms with Gasteiger partial charge in [-0.3, -0.25) is 4.79 Å². The van der Waals surface area contributed by atoms with E-state index in [1.165, 1.54) is 0 Å². The molecule has 2 aromatic rings. The van der Waals surface area contributed by atoms with E-state index >= 15 is 0 Å². The van der Waals surface area contributed by atoms with Gasteiger partial charge in [0.25, 0.3) is 0 Å². The fourth-order valence-electron chi connectivity index (χ4n) is 1.74. The number of rotatable bonds is 3. The fourth-order valence-corrected chi connectivity index (χ4v) is 1.74. The quantitative estimate of drug-likeness (QED) is 0.824. The molecule has 16 heavy (non-hydrogen) atoms. The molecule has 0 amide bonds. The van der Waals surface area contributed by atoms with Gasteiger partial charge < -0.3 is 10.3 Å². The van der Waals surface area contributed by atoms with E-state index in [2.05, 4.69) is 24.1 Å². The normalized spacial score (nSPS) is 11.2. The molecule has 84 valence electrons. The monoisotopic (exact) mass is 216 g/mol. The molecule has 0 aliphatic rings. The zero-order valence-corrected chi connectivity index (χ0v) is 9.58. The first-order valence-electron chi connectivity index (χ1n) is 5.51. The topological polar surface area (TPSA) is 44.9 Å². The van der Waals surface area contributed by atoms with E-state index in [4.69, 9.17) is 0 Å². The molecule has 3 heteroatoms. The van der Waals surface area contributed by atoms with Gasteiger partial charge in [-0.2, -0.15) is 0 Å². The highest BCUT2D eigenvalue weighted by atomic mass is 16.1. The number of hydrogen-bond acceptors (Lipinski definition) is 2. The Kier molecular flexibility index (Phi) is 3.06. The van der Waals surface area contributed by atoms with Gasteiger partial charge >= 0.3 is 0 Å². The molecule has 1 heterocycles. The molecule has 3 nitrogen and oxygen atoms in total. The first kappa shape index (κ1) is 10.9. The molecule has 0 spiro atoms. The minimum absolute atomic E-state index is 0.0424. The average molecular weight is 216 g/mol. The number of hydrogen-bond donors (Lipinski definition) is 2. The van der Waals surface area contributed by atoms with Gasteiger partial charge in [0.05, 0.1) is 0 Å². The van der Waals surface area contributed by atoms with Crippen LogP contribution in [0.1, 0.15) is 19.4 Å². The molecule has 0 atom stereocenters. The average Bonchev–Trinajstić information content (AvgIpc) is 2.25. The number of H-pyrrole nitrogens is 1. The minimum Gasteiger partial charge on any atom is -0.322 e. The van der Waals surface area contributed by atoms with Crippen molar-refractivity contribution in [2.24, 2.45) is 0 Å². The third-order valence-corrected chi connectivity index (χ3v) is 2.54. The molecule has 0 fully saturated rings. The summed E-state index contributed by atoms with van der Waals surface area (Å²) < 4.78 is 0. The molecule has 1 aromatic heterocycles. The maximum absolute atomic E-state index is 11.5. The number of benzene rings is 1. The Balaban J connectivity index is 2.46. The number of fused-ring (bicyclic) bond motifs is 1. The number of nitrogens with one attached hydrogen (secondary N) is 2. The summed E-state index contributed by atoms with van der Waals surface area (Å²) in [6, 6.07) is 9.95. The van der Waals surface area contributed by atoms with Crippen LogP contribution < -0.4 is 10.9 Å². The number of pyridine rings is 1. The summed E-state index contributed by atoms with van der Waals surface area (Å²) >= 11 is 0. The fraction of sp³-hybridized carbons (Fsp3) is 0.308. The minimum atomic E-state index is -0.0424. The maximum atomic E-state index is 11.5. The van der Waals surface area contributed by atoms with Crippen LogP contribution in [0.4, 0.5) is 0 Å². The van der Waals surface area contributed by atoms with Gasteiger partial charge in [-0.15, -0.1) is 0 Å². The lowest BCUT2D eigenvalue weighted by molar-refractivity contribution is 0.590. The molecule has 2 rings (SSSR count). The summed E-state index contributed by atoms with van der Waals surface area (Å²) in [5.41, 5.74) is 1.91. The molecule has 2 N–H and O–H groups in total. The Bertz CT molecular complexity index is 543. The predicted octanol–water partition coefficient (Wildman–Crippen LogP) is 2.03. The number of para-hydroxylation sites is 1. The van der Waals surface area contributed by atoms with Crippen LogP contribution >= 0.6 is 0 Å². The van der Waals surface area contributed by atoms with Crippen molar-refractivity contribution < 1.29 is 0 Å². The lowest BCUT2D eigenvalue weighted by atomic mass is 10.1. The Labute approximate surface area is 94.5 Å². The van der Waals surface area contributed by atoms with Gasteiger partial charge in [0, 0.05) is 29.6 Å². The maximum Gasteiger partial charge on any atom is 0.248 e. The van der Waals surface area contributed by atoms with Gasteiger partial charge in [0.2, 0.25) is 5.56 Å². The van der Waals surface area contributed by atoms with E-state index in [0.717, 1.165) is 23.0 Å². The van der Waals surface area contributed by atoms with Crippen molar-refractivity contribution in [2.75, 3.05) is 0 Å². The summed E-state index contributed by atoms with van der Waals surface area (Å²) in [5.74, 6) is 0. The van der Waals surface area contributed by atoms with Gasteiger partial charge in [-0.05, 0) is 11.6 Å². The predicted molar refractivity (Wildman–Crippen MR) is 66.5 cm³/mol. The van der Waals surface area contributed by atoms with Crippen LogP contribution in [-0.2, 0) is 6.54 Å². The van der Waals surface area contributed by atoms with Crippen LogP contribution in [0.5, 0.6) is 0 Å². The second-order valence-electron chi connectivity index (χ2n) is 4.24. The third kappa shape index (κ3) is 2.31. The van der Waals surface area contributed by atoms with Crippen LogP contribution in [0.2, 0.25) is 0 Å². The van der Waals surface area contributed by atoms with Crippen molar-refractivity contribution >= 4 is 10.9 Å². The first-order valence-corrected chi connectivity index (χ1v) is 5.51. The molecule has 1 aromatic carbocycles. The van der Waals surface area contributed by atoms with Crippen LogP contribution in [0, 0.1) is 0 Å². The van der Waals surface area contributed by atoms with Crippen molar-refractivity contribution in [3.05, 3.63) is 46.2 Å². The van der Waals surface area contributed by atoms with E-state index in [1.54, 1.807) is 6.07 Å². The van der Waals surface area contributed by atoms with E-state index in [1.807, 2.05) is 24.3 Å². The number of aromatic nitrogens is 1. The largest absolute Gasteiger partial charge is 0.322 e. The summed E-state index contributed by atoms with van der Waals surface area (Å²) in [5, 5.41) is 4.44. The van der Waals surface area contributed by atoms with Crippen molar-refractivity contribution in [3.63, 3.8) is 0 Å². The molecule has 0 aliphatic carbocycles. The summed E-state index contributed by atoms with van der Waals surface area (Å²) in [6.45, 7) is 4.91. The lowest BCUT2D eigenvalue weighted by Gasteiger charge is -2.10. The van der Waals surface area contributed by atoms with Crippen LogP contribution in [-0.4, -0.2) is 11.0 Å². The second kappa shape index (κ2) is 4.49. The van der Waals surface area contributed by atoms with Gasteiger partial charge in [0.15, 0.2) is 0 Å². The van der Waals surface area contributed by atoms with E-state index in [9.17, 15) is 4.79 Å². The molecule has 0 saturated heterocycles. The molecular formula is C13H16N2O. The lowest BCUT2D eigenvalue weighted by Crippen LogP contribution is -2.23. The third-order valence-electron chi connectivity index (χ3n) is 2.54. The Morgan fingerprint density at radius 1 is 1.31 bits per heavy atom. The molecule has 0 saturated carbocycles. The molecule has 0 aliphatic heterocycles. The van der Waals surface area contributed by atoms with Crippen LogP contribution in [0.25, 0.3) is 10.9 Å². The number of aromatic amines is 1. The Morgan fingerprint density at radius 3 is 2.81 bits per heavy atom. The van der Waals surface area contributed by atoms with Gasteiger partial charge in [-0.1, -0.05) is 32.0 Å². The Morgan fingerprint density at radius 2 is 2.06 bits per heavy atom. The van der Waals surface area contributed by atoms with Crippen molar-refractivity contribution in [1.29, 1.82) is 0 Å². The van der Waals surface area contributed by atoms with E-state index < -0.39 is 0 Å². The Hall–Kier alpha value is -1.61. The standard InChI is InChI=1S/C13H16N2O/c1-9(2)14-8-10-7-13(16)15-12-6-4-3-5-11(10)12/h3-7,9,14H,8H2,1-2H3,(H,15,16). The summed E-state index contributed by atoms with van der Waals surface area (Å²) in [6.07, 6.45) is 0. The van der Waals surface area contributed by atoms with E-state index in [-0.39, 0.29) is 5.56 Å². The molecule has 0 bridgehead atoms. The second-order valence-corrected chi connectivity index (χ2v) is 4.24. The highest BCUT2D eigenvalue weighted by Gasteiger charge is 2.03. The molecular weight excluding hydrogens is 200 g/mol. The zero-order valence-electron chi connectivity index (χ0n) is 9.58. The smallest absolute Gasteiger partial charge is 0.248 e. The van der Waals surface area contributed by atoms with Crippen LogP contribution in [0.3, 0.4) is 0 Å². The van der Waals surface area contributed by atoms with Crippen molar-refractivity contribution in [1.82, 2.24) is 10.3 Å². The summed E-state index contributed by atoms with van der Waals surface area (Å²) in [4.78, 5) is 14.3. The van der Waals surface area contributed by atoms with Crippen LogP contribution in [0.15, 0.2) is 35.1 Å².